The number of hydrogen-bond donors (Lipinski definition) is 0. The summed E-state index contributed by atoms with van der Waals surface area (Å²) in [5.41, 5.74) is 0. The molecule has 0 unspecified atom stereocenters. The lowest BCUT2D eigenvalue weighted by Gasteiger charge is -2.05. The van der Waals surface area contributed by atoms with E-state index in [4.69, 9.17) is 4.74 Å². The van der Waals surface area contributed by atoms with Crippen molar-refractivity contribution >= 4 is 13.1 Å². The van der Waals surface area contributed by atoms with Crippen molar-refractivity contribution in [2.75, 3.05) is 33.7 Å². The van der Waals surface area contributed by atoms with Gasteiger partial charge < -0.3 is 14.0 Å². The fourth-order valence-electron chi connectivity index (χ4n) is 0.653. The van der Waals surface area contributed by atoms with Gasteiger partial charge in [-0.1, -0.05) is 0 Å². The molecular formula is C8H15O4P. The summed E-state index contributed by atoms with van der Waals surface area (Å²) in [4.78, 5) is 11.0. The van der Waals surface area contributed by atoms with Gasteiger partial charge in [-0.15, -0.1) is 0 Å². The van der Waals surface area contributed by atoms with Crippen LogP contribution in [0.1, 0.15) is 0 Å². The average Bonchev–Trinajstić information content (AvgIpc) is 2.03. The monoisotopic (exact) mass is 206 g/mol. The van der Waals surface area contributed by atoms with Crippen molar-refractivity contribution in [2.24, 2.45) is 0 Å². The smallest absolute Gasteiger partial charge is 0.372 e. The van der Waals surface area contributed by atoms with Gasteiger partial charge in [0.2, 0.25) is 5.76 Å². The SMILES string of the molecule is COC(=O)/C(=C/CP(C)(C)=O)OC. The molecule has 0 atom stereocenters. The van der Waals surface area contributed by atoms with Gasteiger partial charge in [0.1, 0.15) is 0 Å². The second kappa shape index (κ2) is 5.07. The van der Waals surface area contributed by atoms with Crippen LogP contribution in [0, 0.1) is 0 Å². The molecule has 76 valence electrons. The number of esters is 1. The number of carbonyl (C=O) groups is 1. The van der Waals surface area contributed by atoms with Crippen LogP contribution in [0.5, 0.6) is 0 Å². The maximum atomic E-state index is 11.3. The van der Waals surface area contributed by atoms with Crippen LogP contribution in [0.15, 0.2) is 11.8 Å². The normalized spacial score (nSPS) is 12.5. The molecule has 0 saturated carbocycles. The Labute approximate surface area is 78.3 Å². The van der Waals surface area contributed by atoms with E-state index in [0.717, 1.165) is 0 Å². The lowest BCUT2D eigenvalue weighted by atomic mass is 10.5. The zero-order chi connectivity index (χ0) is 10.5. The first-order valence-corrected chi connectivity index (χ1v) is 6.56. The minimum Gasteiger partial charge on any atom is -0.490 e. The van der Waals surface area contributed by atoms with E-state index in [1.165, 1.54) is 20.3 Å². The molecule has 0 fully saturated rings. The van der Waals surface area contributed by atoms with Crippen LogP contribution >= 0.6 is 7.14 Å². The average molecular weight is 206 g/mol. The molecule has 0 aromatic rings. The lowest BCUT2D eigenvalue weighted by Crippen LogP contribution is -2.07. The molecule has 0 aromatic carbocycles. The van der Waals surface area contributed by atoms with Crippen LogP contribution in [-0.4, -0.2) is 39.7 Å². The van der Waals surface area contributed by atoms with Crippen LogP contribution in [0.3, 0.4) is 0 Å². The summed E-state index contributed by atoms with van der Waals surface area (Å²) in [7, 11) is 0.497. The van der Waals surface area contributed by atoms with Crippen LogP contribution in [0.4, 0.5) is 0 Å². The first-order chi connectivity index (χ1) is 5.90. The molecule has 0 rings (SSSR count). The van der Waals surface area contributed by atoms with Gasteiger partial charge in [-0.2, -0.15) is 0 Å². The Kier molecular flexibility index (Phi) is 4.78. The Morgan fingerprint density at radius 1 is 1.31 bits per heavy atom. The summed E-state index contributed by atoms with van der Waals surface area (Å²) >= 11 is 0. The number of ether oxygens (including phenoxy) is 2. The zero-order valence-corrected chi connectivity index (χ0v) is 9.26. The third-order valence-electron chi connectivity index (χ3n) is 1.32. The number of rotatable bonds is 4. The predicted octanol–water partition coefficient (Wildman–Crippen LogP) is 1.31. The minimum atomic E-state index is -2.15. The quantitative estimate of drug-likeness (QED) is 0.301. The lowest BCUT2D eigenvalue weighted by molar-refractivity contribution is -0.139. The first-order valence-electron chi connectivity index (χ1n) is 3.77. The number of allylic oxidation sites excluding steroid dienone is 1. The Morgan fingerprint density at radius 3 is 2.15 bits per heavy atom. The van der Waals surface area contributed by atoms with E-state index in [9.17, 15) is 9.36 Å². The summed E-state index contributed by atoms with van der Waals surface area (Å²) < 4.78 is 20.5. The topological polar surface area (TPSA) is 52.6 Å². The molecule has 4 nitrogen and oxygen atoms in total. The van der Waals surface area contributed by atoms with Crippen molar-refractivity contribution in [3.63, 3.8) is 0 Å². The first kappa shape index (κ1) is 12.2. The standard InChI is InChI=1S/C8H15O4P/c1-11-7(8(9)12-2)5-6-13(3,4)10/h5H,6H2,1-4H3/b7-5-. The highest BCUT2D eigenvalue weighted by Crippen LogP contribution is 2.35. The van der Waals surface area contributed by atoms with Crippen molar-refractivity contribution in [1.82, 2.24) is 0 Å². The maximum Gasteiger partial charge on any atom is 0.372 e. The van der Waals surface area contributed by atoms with Crippen LogP contribution in [-0.2, 0) is 18.8 Å². The number of hydrogen-bond acceptors (Lipinski definition) is 4. The van der Waals surface area contributed by atoms with Crippen molar-refractivity contribution in [1.29, 1.82) is 0 Å². The van der Waals surface area contributed by atoms with Gasteiger partial charge in [-0.25, -0.2) is 4.79 Å². The molecule has 0 bridgehead atoms. The van der Waals surface area contributed by atoms with E-state index in [1.54, 1.807) is 13.3 Å². The molecule has 0 aliphatic heterocycles. The molecule has 0 aliphatic carbocycles. The van der Waals surface area contributed by atoms with Gasteiger partial charge in [0.15, 0.2) is 0 Å². The molecule has 0 aliphatic rings. The number of methoxy groups -OCH3 is 2. The van der Waals surface area contributed by atoms with Gasteiger partial charge in [-0.05, 0) is 19.4 Å². The highest BCUT2D eigenvalue weighted by molar-refractivity contribution is 7.62. The van der Waals surface area contributed by atoms with E-state index in [2.05, 4.69) is 4.74 Å². The van der Waals surface area contributed by atoms with E-state index in [0.29, 0.717) is 6.16 Å². The molecule has 13 heavy (non-hydrogen) atoms. The van der Waals surface area contributed by atoms with Crippen molar-refractivity contribution in [2.45, 2.75) is 0 Å². The molecule has 0 spiro atoms. The Morgan fingerprint density at radius 2 is 1.85 bits per heavy atom. The molecule has 5 heteroatoms. The molecular weight excluding hydrogens is 191 g/mol. The second-order valence-electron chi connectivity index (χ2n) is 3.02. The molecule has 0 amide bonds. The largest absolute Gasteiger partial charge is 0.490 e. The second-order valence-corrected chi connectivity index (χ2v) is 6.53. The van der Waals surface area contributed by atoms with Crippen LogP contribution < -0.4 is 0 Å². The summed E-state index contributed by atoms with van der Waals surface area (Å²) in [6, 6.07) is 0. The van der Waals surface area contributed by atoms with Crippen LogP contribution in [0.2, 0.25) is 0 Å². The fraction of sp³-hybridized carbons (Fsp3) is 0.625. The Balaban J connectivity index is 4.41. The summed E-state index contributed by atoms with van der Waals surface area (Å²) in [6.45, 7) is 3.29. The molecule has 0 radical (unpaired) electrons. The Bertz CT molecular complexity index is 251. The fourth-order valence-corrected chi connectivity index (χ4v) is 1.26. The van der Waals surface area contributed by atoms with Crippen molar-refractivity contribution in [3.8, 4) is 0 Å². The summed E-state index contributed by atoms with van der Waals surface area (Å²) in [6.07, 6.45) is 1.83. The van der Waals surface area contributed by atoms with Gasteiger partial charge in [0.05, 0.1) is 21.4 Å². The van der Waals surface area contributed by atoms with E-state index in [1.807, 2.05) is 0 Å². The molecule has 0 heterocycles. The molecule has 0 saturated heterocycles. The third kappa shape index (κ3) is 5.47. The Hall–Kier alpha value is -0.760. The third-order valence-corrected chi connectivity index (χ3v) is 2.38. The van der Waals surface area contributed by atoms with E-state index < -0.39 is 13.1 Å². The van der Waals surface area contributed by atoms with E-state index in [-0.39, 0.29) is 5.76 Å². The van der Waals surface area contributed by atoms with Gasteiger partial charge in [-0.3, -0.25) is 0 Å². The minimum absolute atomic E-state index is 0.103. The summed E-state index contributed by atoms with van der Waals surface area (Å²) in [5.74, 6) is -0.442. The van der Waals surface area contributed by atoms with Crippen LogP contribution in [0.25, 0.3) is 0 Å². The highest BCUT2D eigenvalue weighted by atomic mass is 31.2. The summed E-state index contributed by atoms with van der Waals surface area (Å²) in [5, 5.41) is 0. The predicted molar refractivity (Wildman–Crippen MR) is 51.4 cm³/mol. The number of carbonyl (C=O) groups excluding carboxylic acids is 1. The van der Waals surface area contributed by atoms with E-state index >= 15 is 0 Å². The maximum absolute atomic E-state index is 11.3. The van der Waals surface area contributed by atoms with Gasteiger partial charge in [0.25, 0.3) is 0 Å². The van der Waals surface area contributed by atoms with Crippen molar-refractivity contribution in [3.05, 3.63) is 11.8 Å². The molecule has 0 N–H and O–H groups in total. The highest BCUT2D eigenvalue weighted by Gasteiger charge is 2.11. The van der Waals surface area contributed by atoms with Gasteiger partial charge >= 0.3 is 5.97 Å². The molecule has 0 aromatic heterocycles. The zero-order valence-electron chi connectivity index (χ0n) is 8.36. The van der Waals surface area contributed by atoms with Crippen molar-refractivity contribution < 1.29 is 18.8 Å². The van der Waals surface area contributed by atoms with Gasteiger partial charge in [0, 0.05) is 6.16 Å².